The predicted octanol–water partition coefficient (Wildman–Crippen LogP) is 4.65. The summed E-state index contributed by atoms with van der Waals surface area (Å²) in [4.78, 5) is 0. The zero-order valence-corrected chi connectivity index (χ0v) is 11.1. The van der Waals surface area contributed by atoms with Crippen molar-refractivity contribution in [2.24, 2.45) is 0 Å². The SMILES string of the molecule is CC/C=C(\O)c1ccc(CBr)c(Br)c1. The van der Waals surface area contributed by atoms with Crippen molar-refractivity contribution in [3.63, 3.8) is 0 Å². The molecule has 1 aromatic rings. The van der Waals surface area contributed by atoms with Gasteiger partial charge in [-0.1, -0.05) is 50.9 Å². The van der Waals surface area contributed by atoms with Gasteiger partial charge in [0.2, 0.25) is 0 Å². The first kappa shape index (κ1) is 11.8. The summed E-state index contributed by atoms with van der Waals surface area (Å²) in [6.45, 7) is 2.00. The van der Waals surface area contributed by atoms with Crippen LogP contribution in [0.5, 0.6) is 0 Å². The minimum Gasteiger partial charge on any atom is -0.508 e. The molecule has 3 heteroatoms. The zero-order chi connectivity index (χ0) is 10.6. The maximum Gasteiger partial charge on any atom is 0.118 e. The standard InChI is InChI=1S/C11H12Br2O/c1-2-3-11(14)8-4-5-9(7-12)10(13)6-8/h3-6,14H,2,7H2,1H3/b11-3-. The van der Waals surface area contributed by atoms with Crippen LogP contribution < -0.4 is 0 Å². The van der Waals surface area contributed by atoms with E-state index in [9.17, 15) is 5.11 Å². The van der Waals surface area contributed by atoms with Gasteiger partial charge in [0.15, 0.2) is 0 Å². The first-order valence-corrected chi connectivity index (χ1v) is 6.34. The molecule has 0 bridgehead atoms. The van der Waals surface area contributed by atoms with Crippen LogP contribution in [0.2, 0.25) is 0 Å². The van der Waals surface area contributed by atoms with Crippen LogP contribution in [0, 0.1) is 0 Å². The summed E-state index contributed by atoms with van der Waals surface area (Å²) in [5.41, 5.74) is 2.03. The monoisotopic (exact) mass is 318 g/mol. The lowest BCUT2D eigenvalue weighted by Gasteiger charge is -2.04. The molecule has 0 saturated carbocycles. The highest BCUT2D eigenvalue weighted by Crippen LogP contribution is 2.23. The first-order chi connectivity index (χ1) is 6.69. The molecular formula is C11H12Br2O. The van der Waals surface area contributed by atoms with Crippen molar-refractivity contribution < 1.29 is 5.11 Å². The zero-order valence-electron chi connectivity index (χ0n) is 7.93. The maximum atomic E-state index is 9.64. The highest BCUT2D eigenvalue weighted by Gasteiger charge is 2.02. The topological polar surface area (TPSA) is 20.2 Å². The van der Waals surface area contributed by atoms with E-state index < -0.39 is 0 Å². The van der Waals surface area contributed by atoms with Gasteiger partial charge in [0.05, 0.1) is 0 Å². The molecule has 1 nitrogen and oxygen atoms in total. The predicted molar refractivity (Wildman–Crippen MR) is 67.7 cm³/mol. The Morgan fingerprint density at radius 1 is 1.50 bits per heavy atom. The lowest BCUT2D eigenvalue weighted by atomic mass is 10.1. The second kappa shape index (κ2) is 5.56. The van der Waals surface area contributed by atoms with Gasteiger partial charge in [-0.25, -0.2) is 0 Å². The number of hydrogen-bond acceptors (Lipinski definition) is 1. The summed E-state index contributed by atoms with van der Waals surface area (Å²) in [6.07, 6.45) is 2.64. The van der Waals surface area contributed by atoms with Crippen LogP contribution in [0.1, 0.15) is 24.5 Å². The molecule has 0 spiro atoms. The van der Waals surface area contributed by atoms with E-state index in [1.54, 1.807) is 6.08 Å². The summed E-state index contributed by atoms with van der Waals surface area (Å²) < 4.78 is 1.02. The van der Waals surface area contributed by atoms with Gasteiger partial charge < -0.3 is 5.11 Å². The lowest BCUT2D eigenvalue weighted by Crippen LogP contribution is -1.86. The van der Waals surface area contributed by atoms with E-state index in [-0.39, 0.29) is 0 Å². The molecule has 0 fully saturated rings. The molecule has 0 unspecified atom stereocenters. The first-order valence-electron chi connectivity index (χ1n) is 4.43. The van der Waals surface area contributed by atoms with Gasteiger partial charge in [-0.3, -0.25) is 0 Å². The number of aliphatic hydroxyl groups is 1. The van der Waals surface area contributed by atoms with Gasteiger partial charge in [0.1, 0.15) is 5.76 Å². The van der Waals surface area contributed by atoms with Crippen molar-refractivity contribution in [2.45, 2.75) is 18.7 Å². The van der Waals surface area contributed by atoms with Crippen LogP contribution in [-0.4, -0.2) is 5.11 Å². The van der Waals surface area contributed by atoms with Crippen LogP contribution in [0.25, 0.3) is 5.76 Å². The molecule has 0 saturated heterocycles. The minimum absolute atomic E-state index is 0.342. The number of aliphatic hydroxyl groups excluding tert-OH is 1. The van der Waals surface area contributed by atoms with Gasteiger partial charge >= 0.3 is 0 Å². The minimum atomic E-state index is 0.342. The molecule has 1 rings (SSSR count). The molecule has 0 amide bonds. The van der Waals surface area contributed by atoms with E-state index in [1.165, 1.54) is 5.56 Å². The molecule has 1 aromatic carbocycles. The highest BCUT2D eigenvalue weighted by atomic mass is 79.9. The van der Waals surface area contributed by atoms with E-state index in [2.05, 4.69) is 31.9 Å². The number of allylic oxidation sites excluding steroid dienone is 1. The second-order valence-corrected chi connectivity index (χ2v) is 4.35. The van der Waals surface area contributed by atoms with Gasteiger partial charge in [0.25, 0.3) is 0 Å². The number of halogens is 2. The Hall–Kier alpha value is -0.280. The fourth-order valence-corrected chi connectivity index (χ4v) is 2.51. The van der Waals surface area contributed by atoms with Gasteiger partial charge in [-0.05, 0) is 24.1 Å². The Morgan fingerprint density at radius 3 is 2.71 bits per heavy atom. The van der Waals surface area contributed by atoms with E-state index >= 15 is 0 Å². The normalized spacial score (nSPS) is 11.8. The van der Waals surface area contributed by atoms with Crippen LogP contribution >= 0.6 is 31.9 Å². The summed E-state index contributed by atoms with van der Waals surface area (Å²) >= 11 is 6.85. The van der Waals surface area contributed by atoms with E-state index in [0.29, 0.717) is 5.76 Å². The van der Waals surface area contributed by atoms with Crippen molar-refractivity contribution >= 4 is 37.6 Å². The molecule has 0 aromatic heterocycles. The number of hydrogen-bond donors (Lipinski definition) is 1. The summed E-state index contributed by atoms with van der Waals surface area (Å²) in [6, 6.07) is 5.84. The van der Waals surface area contributed by atoms with Crippen molar-refractivity contribution in [3.8, 4) is 0 Å². The molecule has 76 valence electrons. The Balaban J connectivity index is 3.02. The van der Waals surface area contributed by atoms with Crippen LogP contribution in [0.4, 0.5) is 0 Å². The smallest absolute Gasteiger partial charge is 0.118 e. The Kier molecular flexibility index (Phi) is 4.69. The van der Waals surface area contributed by atoms with Crippen molar-refractivity contribution in [1.29, 1.82) is 0 Å². The molecule has 0 aliphatic rings. The third kappa shape index (κ3) is 2.85. The van der Waals surface area contributed by atoms with Crippen molar-refractivity contribution in [2.75, 3.05) is 0 Å². The van der Waals surface area contributed by atoms with Crippen LogP contribution in [0.15, 0.2) is 28.7 Å². The average molecular weight is 320 g/mol. The van der Waals surface area contributed by atoms with Gasteiger partial charge in [-0.2, -0.15) is 0 Å². The third-order valence-corrected chi connectivity index (χ3v) is 3.23. The quantitative estimate of drug-likeness (QED) is 0.635. The molecule has 0 atom stereocenters. The fourth-order valence-electron chi connectivity index (χ4n) is 1.13. The van der Waals surface area contributed by atoms with E-state index in [1.807, 2.05) is 25.1 Å². The molecule has 0 heterocycles. The molecule has 0 aliphatic carbocycles. The summed E-state index contributed by atoms with van der Waals surface area (Å²) in [5, 5.41) is 10.4. The van der Waals surface area contributed by atoms with Crippen LogP contribution in [0.3, 0.4) is 0 Å². The largest absolute Gasteiger partial charge is 0.508 e. The molecule has 0 aliphatic heterocycles. The number of rotatable bonds is 3. The van der Waals surface area contributed by atoms with E-state index in [0.717, 1.165) is 21.8 Å². The van der Waals surface area contributed by atoms with Crippen LogP contribution in [-0.2, 0) is 5.33 Å². The molecule has 1 N–H and O–H groups in total. The lowest BCUT2D eigenvalue weighted by molar-refractivity contribution is 0.509. The van der Waals surface area contributed by atoms with Gasteiger partial charge in [-0.15, -0.1) is 0 Å². The maximum absolute atomic E-state index is 9.64. The molecule has 0 radical (unpaired) electrons. The second-order valence-electron chi connectivity index (χ2n) is 2.94. The number of alkyl halides is 1. The van der Waals surface area contributed by atoms with Gasteiger partial charge in [0, 0.05) is 15.4 Å². The van der Waals surface area contributed by atoms with Crippen molar-refractivity contribution in [1.82, 2.24) is 0 Å². The summed E-state index contributed by atoms with van der Waals surface area (Å²) in [5.74, 6) is 0.342. The Labute approximate surface area is 101 Å². The fraction of sp³-hybridized carbons (Fsp3) is 0.273. The molecule has 14 heavy (non-hydrogen) atoms. The summed E-state index contributed by atoms with van der Waals surface area (Å²) in [7, 11) is 0. The molecular weight excluding hydrogens is 308 g/mol. The van der Waals surface area contributed by atoms with Crippen molar-refractivity contribution in [3.05, 3.63) is 39.9 Å². The number of benzene rings is 1. The highest BCUT2D eigenvalue weighted by molar-refractivity contribution is 9.10. The Bertz CT molecular complexity index is 345. The average Bonchev–Trinajstić information content (AvgIpc) is 2.18. The Morgan fingerprint density at radius 2 is 2.21 bits per heavy atom. The third-order valence-electron chi connectivity index (χ3n) is 1.89. The van der Waals surface area contributed by atoms with E-state index in [4.69, 9.17) is 0 Å².